The highest BCUT2D eigenvalue weighted by Crippen LogP contribution is 2.24. The average Bonchev–Trinajstić information content (AvgIpc) is 2.84. The fraction of sp³-hybridized carbons (Fsp3) is 0.231. The Morgan fingerprint density at radius 3 is 1.28 bits per heavy atom. The maximum absolute atomic E-state index is 13.0. The molecule has 32 heavy (non-hydrogen) atoms. The van der Waals surface area contributed by atoms with Crippen molar-refractivity contribution < 1.29 is 28.5 Å². The Morgan fingerprint density at radius 1 is 0.594 bits per heavy atom. The highest BCUT2D eigenvalue weighted by Gasteiger charge is 2.25. The first-order chi connectivity index (χ1) is 15.6. The lowest BCUT2D eigenvalue weighted by atomic mass is 10.1. The minimum atomic E-state index is -0.890. The van der Waals surface area contributed by atoms with Crippen LogP contribution in [0.1, 0.15) is 58.3 Å². The fourth-order valence-corrected chi connectivity index (χ4v) is 3.08. The highest BCUT2D eigenvalue weighted by molar-refractivity contribution is 6.03. The molecular formula is C26H26O6. The van der Waals surface area contributed by atoms with Crippen LogP contribution in [0.2, 0.25) is 0 Å². The third-order valence-corrected chi connectivity index (χ3v) is 4.57. The van der Waals surface area contributed by atoms with Gasteiger partial charge in [0.05, 0.1) is 11.1 Å². The van der Waals surface area contributed by atoms with Gasteiger partial charge in [0.15, 0.2) is 0 Å². The van der Waals surface area contributed by atoms with E-state index in [1.807, 2.05) is 50.2 Å². The third kappa shape index (κ3) is 6.03. The lowest BCUT2D eigenvalue weighted by molar-refractivity contribution is -0.112. The zero-order valence-corrected chi connectivity index (χ0v) is 18.1. The van der Waals surface area contributed by atoms with E-state index in [9.17, 15) is 9.59 Å². The van der Waals surface area contributed by atoms with Crippen LogP contribution in [0.4, 0.5) is 0 Å². The second kappa shape index (κ2) is 11.8. The largest absolute Gasteiger partial charge is 0.428 e. The summed E-state index contributed by atoms with van der Waals surface area (Å²) in [6.45, 7) is 4.33. The molecule has 3 aromatic rings. The Kier molecular flexibility index (Phi) is 8.54. The molecule has 0 aliphatic rings. The predicted molar refractivity (Wildman–Crippen MR) is 119 cm³/mol. The van der Waals surface area contributed by atoms with E-state index < -0.39 is 24.5 Å². The minimum Gasteiger partial charge on any atom is -0.428 e. The van der Waals surface area contributed by atoms with Gasteiger partial charge in [0, 0.05) is 24.3 Å². The molecule has 0 saturated carbocycles. The van der Waals surface area contributed by atoms with E-state index in [4.69, 9.17) is 18.9 Å². The molecule has 6 heteroatoms. The molecule has 166 valence electrons. The SMILES string of the molecule is CCOC(OC(=O)c1ccccc1C(=O)OC(OCC)c1ccccc1)c1ccccc1. The summed E-state index contributed by atoms with van der Waals surface area (Å²) in [5, 5.41) is 0. The van der Waals surface area contributed by atoms with Crippen molar-refractivity contribution in [2.24, 2.45) is 0 Å². The van der Waals surface area contributed by atoms with E-state index >= 15 is 0 Å². The Morgan fingerprint density at radius 2 is 0.938 bits per heavy atom. The molecule has 0 aliphatic heterocycles. The zero-order chi connectivity index (χ0) is 22.8. The molecule has 0 bridgehead atoms. The van der Waals surface area contributed by atoms with Crippen molar-refractivity contribution in [3.8, 4) is 0 Å². The van der Waals surface area contributed by atoms with Gasteiger partial charge in [0.1, 0.15) is 0 Å². The van der Waals surface area contributed by atoms with Crippen molar-refractivity contribution in [2.45, 2.75) is 26.4 Å². The molecule has 3 aromatic carbocycles. The van der Waals surface area contributed by atoms with Gasteiger partial charge in [-0.05, 0) is 26.0 Å². The molecule has 0 heterocycles. The first-order valence-corrected chi connectivity index (χ1v) is 10.5. The van der Waals surface area contributed by atoms with Crippen LogP contribution in [0.15, 0.2) is 84.9 Å². The maximum atomic E-state index is 13.0. The molecule has 3 rings (SSSR count). The van der Waals surface area contributed by atoms with Gasteiger partial charge in [0.25, 0.3) is 0 Å². The number of esters is 2. The summed E-state index contributed by atoms with van der Waals surface area (Å²) in [4.78, 5) is 25.9. The maximum Gasteiger partial charge on any atom is 0.341 e. The van der Waals surface area contributed by atoms with Gasteiger partial charge in [-0.3, -0.25) is 0 Å². The summed E-state index contributed by atoms with van der Waals surface area (Å²) in [5.41, 5.74) is 1.56. The van der Waals surface area contributed by atoms with Gasteiger partial charge in [-0.25, -0.2) is 9.59 Å². The molecular weight excluding hydrogens is 408 g/mol. The van der Waals surface area contributed by atoms with Gasteiger partial charge in [0.2, 0.25) is 12.6 Å². The standard InChI is InChI=1S/C26H26O6/c1-3-29-25(19-13-7-5-8-14-19)31-23(27)21-17-11-12-18-22(21)24(28)32-26(30-4-2)20-15-9-6-10-16-20/h5-18,25-26H,3-4H2,1-2H3. The van der Waals surface area contributed by atoms with Crippen LogP contribution < -0.4 is 0 Å². The first kappa shape index (κ1) is 23.2. The van der Waals surface area contributed by atoms with Gasteiger partial charge in [-0.1, -0.05) is 72.8 Å². The van der Waals surface area contributed by atoms with E-state index in [1.54, 1.807) is 36.4 Å². The average molecular weight is 434 g/mol. The summed E-state index contributed by atoms with van der Waals surface area (Å²) < 4.78 is 22.4. The van der Waals surface area contributed by atoms with Crippen molar-refractivity contribution in [3.05, 3.63) is 107 Å². The summed E-state index contributed by atoms with van der Waals surface area (Å²) in [5.74, 6) is -1.37. The van der Waals surface area contributed by atoms with Crippen LogP contribution >= 0.6 is 0 Å². The quantitative estimate of drug-likeness (QED) is 0.311. The van der Waals surface area contributed by atoms with Crippen LogP contribution in [0.25, 0.3) is 0 Å². The molecule has 0 fully saturated rings. The molecule has 0 saturated heterocycles. The monoisotopic (exact) mass is 434 g/mol. The number of hydrogen-bond donors (Lipinski definition) is 0. The molecule has 2 atom stereocenters. The van der Waals surface area contributed by atoms with Crippen molar-refractivity contribution in [1.29, 1.82) is 0 Å². The van der Waals surface area contributed by atoms with Crippen LogP contribution in [0, 0.1) is 0 Å². The summed E-state index contributed by atoms with van der Waals surface area (Å²) in [7, 11) is 0. The van der Waals surface area contributed by atoms with Crippen molar-refractivity contribution >= 4 is 11.9 Å². The van der Waals surface area contributed by atoms with E-state index in [0.29, 0.717) is 24.3 Å². The van der Waals surface area contributed by atoms with Gasteiger partial charge in [-0.15, -0.1) is 0 Å². The normalized spacial score (nSPS) is 12.6. The number of ether oxygens (including phenoxy) is 4. The molecule has 0 amide bonds. The fourth-order valence-electron chi connectivity index (χ4n) is 3.08. The third-order valence-electron chi connectivity index (χ3n) is 4.57. The van der Waals surface area contributed by atoms with E-state index in [0.717, 1.165) is 0 Å². The van der Waals surface area contributed by atoms with Crippen molar-refractivity contribution in [1.82, 2.24) is 0 Å². The topological polar surface area (TPSA) is 71.1 Å². The lowest BCUT2D eigenvalue weighted by Crippen LogP contribution is -2.20. The van der Waals surface area contributed by atoms with Crippen molar-refractivity contribution in [3.63, 3.8) is 0 Å². The first-order valence-electron chi connectivity index (χ1n) is 10.5. The smallest absolute Gasteiger partial charge is 0.341 e. The van der Waals surface area contributed by atoms with E-state index in [-0.39, 0.29) is 11.1 Å². The molecule has 0 spiro atoms. The van der Waals surface area contributed by atoms with Crippen LogP contribution in [-0.2, 0) is 18.9 Å². The van der Waals surface area contributed by atoms with Gasteiger partial charge < -0.3 is 18.9 Å². The number of carbonyl (C=O) groups excluding carboxylic acids is 2. The molecule has 6 nitrogen and oxygen atoms in total. The van der Waals surface area contributed by atoms with E-state index in [2.05, 4.69) is 0 Å². The Labute approximate surface area is 187 Å². The Balaban J connectivity index is 1.81. The molecule has 2 unspecified atom stereocenters. The van der Waals surface area contributed by atoms with Gasteiger partial charge >= 0.3 is 11.9 Å². The number of benzene rings is 3. The van der Waals surface area contributed by atoms with E-state index in [1.165, 1.54) is 12.1 Å². The molecule has 0 aromatic heterocycles. The second-order valence-corrected chi connectivity index (χ2v) is 6.75. The predicted octanol–water partition coefficient (Wildman–Crippen LogP) is 5.47. The summed E-state index contributed by atoms with van der Waals surface area (Å²) in [6.07, 6.45) is -1.78. The Bertz CT molecular complexity index is 921. The van der Waals surface area contributed by atoms with Crippen LogP contribution in [-0.4, -0.2) is 25.2 Å². The van der Waals surface area contributed by atoms with Crippen LogP contribution in [0.5, 0.6) is 0 Å². The van der Waals surface area contributed by atoms with Crippen LogP contribution in [0.3, 0.4) is 0 Å². The summed E-state index contributed by atoms with van der Waals surface area (Å²) in [6, 6.07) is 24.6. The van der Waals surface area contributed by atoms with Gasteiger partial charge in [-0.2, -0.15) is 0 Å². The Hall–Kier alpha value is -3.48. The molecule has 0 N–H and O–H groups in total. The number of carbonyl (C=O) groups is 2. The molecule has 0 radical (unpaired) electrons. The highest BCUT2D eigenvalue weighted by atomic mass is 16.7. The summed E-state index contributed by atoms with van der Waals surface area (Å²) >= 11 is 0. The second-order valence-electron chi connectivity index (χ2n) is 6.75. The van der Waals surface area contributed by atoms with Crippen molar-refractivity contribution in [2.75, 3.05) is 13.2 Å². The zero-order valence-electron chi connectivity index (χ0n) is 18.1. The minimum absolute atomic E-state index is 0.0847. The molecule has 0 aliphatic carbocycles. The number of hydrogen-bond acceptors (Lipinski definition) is 6. The number of rotatable bonds is 10. The lowest BCUT2D eigenvalue weighted by Gasteiger charge is -2.20.